The molecule has 0 atom stereocenters. The Morgan fingerprint density at radius 2 is 1.19 bits per heavy atom. The van der Waals surface area contributed by atoms with Crippen LogP contribution in [0.25, 0.3) is 16.8 Å². The van der Waals surface area contributed by atoms with Gasteiger partial charge < -0.3 is 0 Å². The van der Waals surface area contributed by atoms with Gasteiger partial charge in [0, 0.05) is 10.6 Å². The predicted molar refractivity (Wildman–Crippen MR) is 101 cm³/mol. The summed E-state index contributed by atoms with van der Waals surface area (Å²) in [5.74, 6) is 1.12. The molecule has 1 heterocycles. The number of benzene rings is 3. The Bertz CT molecular complexity index is 667. The van der Waals surface area contributed by atoms with Gasteiger partial charge in [-0.3, -0.25) is 0 Å². The molecule has 0 amide bonds. The standard InChI is InChI=1S/C10H8.C9H8S.H2S/c1-2-6-10-8-4-3-7-9(10)5-1;1-2-6-9-8(4-1)5-3-7-10-9;/h1-8H;1-6H,7H2;1H2. The molecule has 0 N–H and O–H groups in total. The fourth-order valence-electron chi connectivity index (χ4n) is 2.20. The minimum absolute atomic E-state index is 0. The van der Waals surface area contributed by atoms with Gasteiger partial charge in [0.15, 0.2) is 0 Å². The Hall–Kier alpha value is -1.64. The van der Waals surface area contributed by atoms with Crippen LogP contribution in [-0.4, -0.2) is 5.75 Å². The fourth-order valence-corrected chi connectivity index (χ4v) is 3.05. The molecule has 0 radical (unpaired) electrons. The van der Waals surface area contributed by atoms with Crippen molar-refractivity contribution in [2.45, 2.75) is 4.90 Å². The molecule has 1 aliphatic rings. The molecule has 3 aromatic carbocycles. The molecule has 0 aliphatic carbocycles. The van der Waals surface area contributed by atoms with Crippen LogP contribution >= 0.6 is 25.3 Å². The van der Waals surface area contributed by atoms with Crippen molar-refractivity contribution in [1.29, 1.82) is 0 Å². The molecule has 0 nitrogen and oxygen atoms in total. The Balaban J connectivity index is 0.000000147. The highest BCUT2D eigenvalue weighted by Crippen LogP contribution is 2.27. The van der Waals surface area contributed by atoms with Gasteiger partial charge in [-0.2, -0.15) is 13.5 Å². The van der Waals surface area contributed by atoms with Crippen molar-refractivity contribution >= 4 is 42.1 Å². The summed E-state index contributed by atoms with van der Waals surface area (Å²) in [5, 5.41) is 2.62. The summed E-state index contributed by atoms with van der Waals surface area (Å²) in [7, 11) is 0. The van der Waals surface area contributed by atoms with E-state index < -0.39 is 0 Å². The van der Waals surface area contributed by atoms with E-state index in [9.17, 15) is 0 Å². The lowest BCUT2D eigenvalue weighted by atomic mass is 10.1. The molecule has 3 aromatic rings. The topological polar surface area (TPSA) is 0 Å². The van der Waals surface area contributed by atoms with E-state index in [1.807, 2.05) is 11.8 Å². The lowest BCUT2D eigenvalue weighted by molar-refractivity contribution is 1.40. The molecule has 0 fully saturated rings. The second kappa shape index (κ2) is 7.96. The Kier molecular flexibility index (Phi) is 5.97. The van der Waals surface area contributed by atoms with Crippen LogP contribution in [0.1, 0.15) is 5.56 Å². The monoisotopic (exact) mass is 310 g/mol. The van der Waals surface area contributed by atoms with Gasteiger partial charge in [-0.15, -0.1) is 11.8 Å². The maximum atomic E-state index is 2.20. The molecular weight excluding hydrogens is 292 g/mol. The fraction of sp³-hybridized carbons (Fsp3) is 0.0526. The molecule has 0 saturated carbocycles. The second-order valence-corrected chi connectivity index (χ2v) is 5.66. The van der Waals surface area contributed by atoms with Crippen LogP contribution in [0.3, 0.4) is 0 Å². The van der Waals surface area contributed by atoms with E-state index in [0.29, 0.717) is 0 Å². The normalized spacial score (nSPS) is 11.8. The number of hydrogen-bond acceptors (Lipinski definition) is 1. The average molecular weight is 310 g/mol. The minimum atomic E-state index is 0. The van der Waals surface area contributed by atoms with E-state index in [1.165, 1.54) is 21.2 Å². The third-order valence-electron chi connectivity index (χ3n) is 3.21. The maximum absolute atomic E-state index is 2.20. The first kappa shape index (κ1) is 15.7. The van der Waals surface area contributed by atoms with E-state index >= 15 is 0 Å². The highest BCUT2D eigenvalue weighted by Gasteiger charge is 2.00. The second-order valence-electron chi connectivity index (χ2n) is 4.60. The molecule has 21 heavy (non-hydrogen) atoms. The predicted octanol–water partition coefficient (Wildman–Crippen LogP) is 5.76. The van der Waals surface area contributed by atoms with Crippen molar-refractivity contribution in [3.8, 4) is 0 Å². The molecule has 0 unspecified atom stereocenters. The molecular formula is C19H18S2. The molecule has 0 aromatic heterocycles. The van der Waals surface area contributed by atoms with Crippen molar-refractivity contribution in [3.05, 3.63) is 84.4 Å². The largest absolute Gasteiger partial charge is 0.197 e. The van der Waals surface area contributed by atoms with Gasteiger partial charge in [0.2, 0.25) is 0 Å². The number of thioether (sulfide) groups is 1. The van der Waals surface area contributed by atoms with Crippen molar-refractivity contribution in [3.63, 3.8) is 0 Å². The van der Waals surface area contributed by atoms with Gasteiger partial charge in [-0.25, -0.2) is 0 Å². The van der Waals surface area contributed by atoms with E-state index in [1.54, 1.807) is 0 Å². The van der Waals surface area contributed by atoms with Gasteiger partial charge in [0.25, 0.3) is 0 Å². The smallest absolute Gasteiger partial charge is 0.0164 e. The van der Waals surface area contributed by atoms with Crippen molar-refractivity contribution in [2.24, 2.45) is 0 Å². The first-order valence-electron chi connectivity index (χ1n) is 6.76. The summed E-state index contributed by atoms with van der Waals surface area (Å²) >= 11 is 1.90. The zero-order valence-corrected chi connectivity index (χ0v) is 13.5. The highest BCUT2D eigenvalue weighted by molar-refractivity contribution is 7.99. The summed E-state index contributed by atoms with van der Waals surface area (Å²) in [6, 6.07) is 25.2. The molecule has 0 bridgehead atoms. The van der Waals surface area contributed by atoms with Crippen LogP contribution in [0.4, 0.5) is 0 Å². The van der Waals surface area contributed by atoms with Crippen LogP contribution < -0.4 is 0 Å². The van der Waals surface area contributed by atoms with Crippen LogP contribution in [0.15, 0.2) is 83.8 Å². The minimum Gasteiger partial charge on any atom is -0.197 e. The summed E-state index contributed by atoms with van der Waals surface area (Å²) in [6.07, 6.45) is 4.39. The first-order chi connectivity index (χ1) is 9.93. The SMILES string of the molecule is C1=Cc2ccccc2SC1.S.c1ccc2ccccc2c1. The molecule has 4 rings (SSSR count). The average Bonchev–Trinajstić information content (AvgIpc) is 2.56. The molecule has 106 valence electrons. The molecule has 0 saturated heterocycles. The van der Waals surface area contributed by atoms with Gasteiger partial charge in [-0.05, 0) is 22.4 Å². The third kappa shape index (κ3) is 4.16. The van der Waals surface area contributed by atoms with Crippen LogP contribution in [-0.2, 0) is 0 Å². The van der Waals surface area contributed by atoms with Crippen molar-refractivity contribution in [2.75, 3.05) is 5.75 Å². The summed E-state index contributed by atoms with van der Waals surface area (Å²) in [5.41, 5.74) is 1.36. The van der Waals surface area contributed by atoms with Crippen LogP contribution in [0, 0.1) is 0 Å². The van der Waals surface area contributed by atoms with Gasteiger partial charge >= 0.3 is 0 Å². The van der Waals surface area contributed by atoms with E-state index in [4.69, 9.17) is 0 Å². The van der Waals surface area contributed by atoms with Crippen LogP contribution in [0.2, 0.25) is 0 Å². The van der Waals surface area contributed by atoms with E-state index in [0.717, 1.165) is 5.75 Å². The maximum Gasteiger partial charge on any atom is 0.0164 e. The van der Waals surface area contributed by atoms with Crippen molar-refractivity contribution in [1.82, 2.24) is 0 Å². The Morgan fingerprint density at radius 1 is 0.667 bits per heavy atom. The quantitative estimate of drug-likeness (QED) is 0.509. The summed E-state index contributed by atoms with van der Waals surface area (Å²) in [6.45, 7) is 0. The highest BCUT2D eigenvalue weighted by atomic mass is 32.2. The third-order valence-corrected chi connectivity index (χ3v) is 4.25. The molecule has 1 aliphatic heterocycles. The van der Waals surface area contributed by atoms with Gasteiger partial charge in [0.1, 0.15) is 0 Å². The summed E-state index contributed by atoms with van der Waals surface area (Å²) in [4.78, 5) is 1.41. The zero-order chi connectivity index (χ0) is 13.6. The Labute approximate surface area is 137 Å². The molecule has 0 spiro atoms. The Morgan fingerprint density at radius 3 is 1.76 bits per heavy atom. The first-order valence-corrected chi connectivity index (χ1v) is 7.74. The zero-order valence-electron chi connectivity index (χ0n) is 11.7. The van der Waals surface area contributed by atoms with Gasteiger partial charge in [-0.1, -0.05) is 78.9 Å². The number of rotatable bonds is 0. The van der Waals surface area contributed by atoms with Gasteiger partial charge in [0.05, 0.1) is 0 Å². The van der Waals surface area contributed by atoms with Crippen LogP contribution in [0.5, 0.6) is 0 Å². The number of fused-ring (bicyclic) bond motifs is 2. The van der Waals surface area contributed by atoms with E-state index in [-0.39, 0.29) is 13.5 Å². The summed E-state index contributed by atoms with van der Waals surface area (Å²) < 4.78 is 0. The number of hydrogen-bond donors (Lipinski definition) is 0. The lowest BCUT2D eigenvalue weighted by Gasteiger charge is -2.07. The van der Waals surface area contributed by atoms with E-state index in [2.05, 4.69) is 84.9 Å². The lowest BCUT2D eigenvalue weighted by Crippen LogP contribution is -1.84. The molecule has 2 heteroatoms. The van der Waals surface area contributed by atoms with Crippen molar-refractivity contribution < 1.29 is 0 Å².